The maximum Gasteiger partial charge on any atom is 0.254 e. The number of hydrogen-bond acceptors (Lipinski definition) is 3. The van der Waals surface area contributed by atoms with Crippen LogP contribution in [-0.4, -0.2) is 29.0 Å². The van der Waals surface area contributed by atoms with E-state index in [2.05, 4.69) is 9.97 Å². The van der Waals surface area contributed by atoms with Crippen molar-refractivity contribution in [2.75, 3.05) is 18.0 Å². The van der Waals surface area contributed by atoms with Gasteiger partial charge in [-0.3, -0.25) is 0 Å². The first-order chi connectivity index (χ1) is 7.49. The summed E-state index contributed by atoms with van der Waals surface area (Å²) < 4.78 is 26.6. The number of rotatable bonds is 1. The molecule has 2 heterocycles. The highest BCUT2D eigenvalue weighted by Gasteiger charge is 2.41. The van der Waals surface area contributed by atoms with Crippen molar-refractivity contribution in [2.45, 2.75) is 26.2 Å². The monoisotopic (exact) mass is 227 g/mol. The molecule has 1 atom stereocenters. The van der Waals surface area contributed by atoms with Crippen LogP contribution in [0.2, 0.25) is 0 Å². The van der Waals surface area contributed by atoms with Crippen molar-refractivity contribution in [1.29, 1.82) is 0 Å². The standard InChI is InChI=1S/C11H15F2N3/c1-8-6-16(4-3-11(8,12)13)10-5-9(2)14-7-15-10/h5,7-8H,3-4,6H2,1-2H3/t8-/m1/s1. The quantitative estimate of drug-likeness (QED) is 0.737. The minimum absolute atomic E-state index is 0.1000. The van der Waals surface area contributed by atoms with Gasteiger partial charge in [0, 0.05) is 37.2 Å². The SMILES string of the molecule is Cc1cc(N2CCC(F)(F)[C@H](C)C2)ncn1. The Labute approximate surface area is 93.5 Å². The van der Waals surface area contributed by atoms with Crippen LogP contribution in [0.1, 0.15) is 19.0 Å². The van der Waals surface area contributed by atoms with Gasteiger partial charge in [-0.25, -0.2) is 18.7 Å². The van der Waals surface area contributed by atoms with E-state index in [1.54, 1.807) is 6.92 Å². The van der Waals surface area contributed by atoms with Gasteiger partial charge in [-0.2, -0.15) is 0 Å². The normalized spacial score (nSPS) is 24.5. The number of hydrogen-bond donors (Lipinski definition) is 0. The third kappa shape index (κ3) is 2.13. The molecule has 0 N–H and O–H groups in total. The molecule has 3 nitrogen and oxygen atoms in total. The second-order valence-corrected chi connectivity index (χ2v) is 4.38. The number of aromatic nitrogens is 2. The Bertz CT molecular complexity index is 381. The maximum absolute atomic E-state index is 13.3. The summed E-state index contributed by atoms with van der Waals surface area (Å²) in [6, 6.07) is 1.83. The van der Waals surface area contributed by atoms with Crippen LogP contribution in [-0.2, 0) is 0 Å². The van der Waals surface area contributed by atoms with Crippen molar-refractivity contribution in [2.24, 2.45) is 5.92 Å². The summed E-state index contributed by atoms with van der Waals surface area (Å²) in [6.45, 7) is 4.16. The van der Waals surface area contributed by atoms with Crippen LogP contribution in [0.5, 0.6) is 0 Å². The topological polar surface area (TPSA) is 29.0 Å². The molecule has 0 aliphatic carbocycles. The van der Waals surface area contributed by atoms with Crippen molar-refractivity contribution >= 4 is 5.82 Å². The van der Waals surface area contributed by atoms with Crippen molar-refractivity contribution < 1.29 is 8.78 Å². The highest BCUT2D eigenvalue weighted by Crippen LogP contribution is 2.34. The Kier molecular flexibility index (Phi) is 2.78. The number of nitrogens with zero attached hydrogens (tertiary/aromatic N) is 3. The predicted molar refractivity (Wildman–Crippen MR) is 57.7 cm³/mol. The summed E-state index contributed by atoms with van der Waals surface area (Å²) in [6.07, 6.45) is 1.37. The molecule has 0 saturated carbocycles. The van der Waals surface area contributed by atoms with Crippen LogP contribution in [0, 0.1) is 12.8 Å². The van der Waals surface area contributed by atoms with E-state index in [1.165, 1.54) is 6.33 Å². The van der Waals surface area contributed by atoms with Crippen LogP contribution in [0.15, 0.2) is 12.4 Å². The summed E-state index contributed by atoms with van der Waals surface area (Å²) in [7, 11) is 0. The fourth-order valence-corrected chi connectivity index (χ4v) is 1.91. The third-order valence-corrected chi connectivity index (χ3v) is 3.04. The van der Waals surface area contributed by atoms with Crippen LogP contribution < -0.4 is 4.90 Å². The van der Waals surface area contributed by atoms with Gasteiger partial charge in [0.05, 0.1) is 0 Å². The fourth-order valence-electron chi connectivity index (χ4n) is 1.91. The van der Waals surface area contributed by atoms with Gasteiger partial charge < -0.3 is 4.90 Å². The van der Waals surface area contributed by atoms with Gasteiger partial charge in [0.25, 0.3) is 5.92 Å². The van der Waals surface area contributed by atoms with E-state index in [1.807, 2.05) is 17.9 Å². The largest absolute Gasteiger partial charge is 0.356 e. The number of piperidine rings is 1. The molecule has 1 aromatic rings. The summed E-state index contributed by atoms with van der Waals surface area (Å²) >= 11 is 0. The number of halogens is 2. The van der Waals surface area contributed by atoms with Crippen LogP contribution in [0.3, 0.4) is 0 Å². The molecule has 16 heavy (non-hydrogen) atoms. The van der Waals surface area contributed by atoms with Crippen LogP contribution in [0.25, 0.3) is 0 Å². The van der Waals surface area contributed by atoms with Crippen molar-refractivity contribution in [3.05, 3.63) is 18.1 Å². The smallest absolute Gasteiger partial charge is 0.254 e. The van der Waals surface area contributed by atoms with E-state index in [-0.39, 0.29) is 6.42 Å². The summed E-state index contributed by atoms with van der Waals surface area (Å²) in [4.78, 5) is 10.0. The minimum Gasteiger partial charge on any atom is -0.356 e. The summed E-state index contributed by atoms with van der Waals surface area (Å²) in [5, 5.41) is 0. The molecule has 1 fully saturated rings. The molecule has 1 aliphatic rings. The molecule has 0 unspecified atom stereocenters. The Morgan fingerprint density at radius 2 is 2.19 bits per heavy atom. The highest BCUT2D eigenvalue weighted by molar-refractivity contribution is 5.39. The number of anilines is 1. The molecule has 0 aromatic carbocycles. The zero-order valence-electron chi connectivity index (χ0n) is 9.45. The average Bonchev–Trinajstić information content (AvgIpc) is 2.22. The van der Waals surface area contributed by atoms with E-state index < -0.39 is 11.8 Å². The Hall–Kier alpha value is -1.26. The Morgan fingerprint density at radius 1 is 1.44 bits per heavy atom. The van der Waals surface area contributed by atoms with E-state index in [4.69, 9.17) is 0 Å². The highest BCUT2D eigenvalue weighted by atomic mass is 19.3. The molecule has 0 radical (unpaired) electrons. The second-order valence-electron chi connectivity index (χ2n) is 4.38. The molecule has 88 valence electrons. The Morgan fingerprint density at radius 3 is 2.81 bits per heavy atom. The zero-order valence-corrected chi connectivity index (χ0v) is 9.45. The van der Waals surface area contributed by atoms with Gasteiger partial charge in [0.1, 0.15) is 12.1 Å². The first-order valence-electron chi connectivity index (χ1n) is 5.40. The first-order valence-corrected chi connectivity index (χ1v) is 5.40. The van der Waals surface area contributed by atoms with Gasteiger partial charge in [-0.05, 0) is 6.92 Å². The van der Waals surface area contributed by atoms with Crippen molar-refractivity contribution in [3.63, 3.8) is 0 Å². The second kappa shape index (κ2) is 3.96. The van der Waals surface area contributed by atoms with Crippen molar-refractivity contribution in [3.8, 4) is 0 Å². The van der Waals surface area contributed by atoms with Gasteiger partial charge in [0.15, 0.2) is 0 Å². The molecule has 1 saturated heterocycles. The van der Waals surface area contributed by atoms with E-state index in [9.17, 15) is 8.78 Å². The van der Waals surface area contributed by atoms with Gasteiger partial charge in [0.2, 0.25) is 0 Å². The lowest BCUT2D eigenvalue weighted by molar-refractivity contribution is -0.0652. The molecular weight excluding hydrogens is 212 g/mol. The maximum atomic E-state index is 13.3. The molecule has 0 spiro atoms. The van der Waals surface area contributed by atoms with E-state index >= 15 is 0 Å². The lowest BCUT2D eigenvalue weighted by Gasteiger charge is -2.37. The minimum atomic E-state index is -2.54. The van der Waals surface area contributed by atoms with Crippen LogP contribution >= 0.6 is 0 Å². The Balaban J connectivity index is 2.14. The number of alkyl halides is 2. The molecule has 2 rings (SSSR count). The lowest BCUT2D eigenvalue weighted by Crippen LogP contribution is -2.46. The van der Waals surface area contributed by atoms with Gasteiger partial charge >= 0.3 is 0 Å². The third-order valence-electron chi connectivity index (χ3n) is 3.04. The summed E-state index contributed by atoms with van der Waals surface area (Å²) in [5.41, 5.74) is 0.856. The predicted octanol–water partition coefficient (Wildman–Crippen LogP) is 2.27. The number of aryl methyl sites for hydroxylation is 1. The van der Waals surface area contributed by atoms with Crippen LogP contribution in [0.4, 0.5) is 14.6 Å². The molecule has 1 aliphatic heterocycles. The molecule has 0 amide bonds. The lowest BCUT2D eigenvalue weighted by atomic mass is 9.95. The van der Waals surface area contributed by atoms with E-state index in [0.29, 0.717) is 13.1 Å². The zero-order chi connectivity index (χ0) is 11.8. The van der Waals surface area contributed by atoms with E-state index in [0.717, 1.165) is 11.5 Å². The van der Waals surface area contributed by atoms with Gasteiger partial charge in [-0.15, -0.1) is 0 Å². The first kappa shape index (κ1) is 11.2. The van der Waals surface area contributed by atoms with Crippen molar-refractivity contribution in [1.82, 2.24) is 9.97 Å². The average molecular weight is 227 g/mol. The molecule has 5 heteroatoms. The summed E-state index contributed by atoms with van der Waals surface area (Å²) in [5.74, 6) is -2.43. The van der Waals surface area contributed by atoms with Gasteiger partial charge in [-0.1, -0.05) is 6.92 Å². The molecule has 1 aromatic heterocycles. The fraction of sp³-hybridized carbons (Fsp3) is 0.636. The molecular formula is C11H15F2N3. The molecule has 0 bridgehead atoms.